The number of carboxylic acids is 1. The predicted octanol–water partition coefficient (Wildman–Crippen LogP) is 1.05. The molecule has 2 aromatic rings. The maximum atomic E-state index is 12.1. The zero-order chi connectivity index (χ0) is 17.1. The van der Waals surface area contributed by atoms with Crippen LogP contribution in [0.5, 0.6) is 0 Å². The number of hydrogen-bond acceptors (Lipinski definition) is 6. The van der Waals surface area contributed by atoms with E-state index in [1.165, 1.54) is 37.2 Å². The predicted molar refractivity (Wildman–Crippen MR) is 75.8 cm³/mol. The molecule has 0 saturated carbocycles. The van der Waals surface area contributed by atoms with Crippen molar-refractivity contribution >= 4 is 17.7 Å². The standard InChI is InChI=1S/C13H14N4O6/c1-8-10(13(19)20)5-9(23-8)6-15(2)12(18)7-16-4-3-11(14-16)17(21)22/h3-5H,6-7H2,1-2H3,(H,19,20). The first-order valence-corrected chi connectivity index (χ1v) is 6.52. The Morgan fingerprint density at radius 2 is 2.22 bits per heavy atom. The van der Waals surface area contributed by atoms with Gasteiger partial charge in [-0.25, -0.2) is 4.79 Å². The molecule has 0 bridgehead atoms. The molecule has 122 valence electrons. The van der Waals surface area contributed by atoms with Crippen molar-refractivity contribution in [3.63, 3.8) is 0 Å². The molecule has 0 aromatic carbocycles. The summed E-state index contributed by atoms with van der Waals surface area (Å²) in [6.45, 7) is 1.43. The lowest BCUT2D eigenvalue weighted by molar-refractivity contribution is -0.389. The molecule has 23 heavy (non-hydrogen) atoms. The number of nitrogens with zero attached hydrogens (tertiary/aromatic N) is 4. The third kappa shape index (κ3) is 3.73. The fourth-order valence-corrected chi connectivity index (χ4v) is 1.95. The minimum Gasteiger partial charge on any atom is -0.478 e. The Morgan fingerprint density at radius 3 is 2.74 bits per heavy atom. The molecule has 10 heteroatoms. The SMILES string of the molecule is Cc1oc(CN(C)C(=O)Cn2ccc([N+](=O)[O-])n2)cc1C(=O)O. The molecule has 10 nitrogen and oxygen atoms in total. The number of carbonyl (C=O) groups excluding carboxylic acids is 1. The van der Waals surface area contributed by atoms with E-state index in [0.29, 0.717) is 5.76 Å². The van der Waals surface area contributed by atoms with Gasteiger partial charge in [-0.1, -0.05) is 0 Å². The number of aromatic carboxylic acids is 1. The van der Waals surface area contributed by atoms with Crippen LogP contribution in [0.25, 0.3) is 0 Å². The van der Waals surface area contributed by atoms with Crippen molar-refractivity contribution in [1.29, 1.82) is 0 Å². The summed E-state index contributed by atoms with van der Waals surface area (Å²) in [5.41, 5.74) is 0.0450. The second-order valence-electron chi connectivity index (χ2n) is 4.87. The van der Waals surface area contributed by atoms with Crippen molar-refractivity contribution in [2.24, 2.45) is 0 Å². The first kappa shape index (κ1) is 16.2. The van der Waals surface area contributed by atoms with E-state index in [9.17, 15) is 19.7 Å². The number of rotatable bonds is 6. The van der Waals surface area contributed by atoms with Gasteiger partial charge in [-0.3, -0.25) is 4.79 Å². The molecule has 1 amide bonds. The van der Waals surface area contributed by atoms with E-state index in [1.54, 1.807) is 0 Å². The van der Waals surface area contributed by atoms with Crippen LogP contribution < -0.4 is 0 Å². The number of nitro groups is 1. The number of aromatic nitrogens is 2. The molecule has 0 atom stereocenters. The fraction of sp³-hybridized carbons (Fsp3) is 0.308. The van der Waals surface area contributed by atoms with Gasteiger partial charge in [0.15, 0.2) is 0 Å². The number of carbonyl (C=O) groups is 2. The Morgan fingerprint density at radius 1 is 1.52 bits per heavy atom. The highest BCUT2D eigenvalue weighted by Gasteiger charge is 2.19. The van der Waals surface area contributed by atoms with Crippen LogP contribution in [0, 0.1) is 17.0 Å². The lowest BCUT2D eigenvalue weighted by Crippen LogP contribution is -2.29. The molecular formula is C13H14N4O6. The number of hydrogen-bond donors (Lipinski definition) is 1. The molecule has 0 aliphatic rings. The van der Waals surface area contributed by atoms with Crippen molar-refractivity contribution in [1.82, 2.24) is 14.7 Å². The first-order chi connectivity index (χ1) is 10.8. The highest BCUT2D eigenvalue weighted by Crippen LogP contribution is 2.16. The summed E-state index contributed by atoms with van der Waals surface area (Å²) in [6, 6.07) is 2.56. The van der Waals surface area contributed by atoms with Crippen molar-refractivity contribution in [2.45, 2.75) is 20.0 Å². The number of furan rings is 1. The first-order valence-electron chi connectivity index (χ1n) is 6.52. The van der Waals surface area contributed by atoms with Gasteiger partial charge in [0.1, 0.15) is 23.6 Å². The zero-order valence-corrected chi connectivity index (χ0v) is 12.4. The van der Waals surface area contributed by atoms with E-state index in [2.05, 4.69) is 5.10 Å². The van der Waals surface area contributed by atoms with Gasteiger partial charge in [0.2, 0.25) is 5.91 Å². The van der Waals surface area contributed by atoms with Gasteiger partial charge in [0.05, 0.1) is 23.9 Å². The van der Waals surface area contributed by atoms with E-state index >= 15 is 0 Å². The van der Waals surface area contributed by atoms with Crippen LogP contribution in [0.2, 0.25) is 0 Å². The van der Waals surface area contributed by atoms with E-state index in [4.69, 9.17) is 9.52 Å². The van der Waals surface area contributed by atoms with Gasteiger partial charge in [0, 0.05) is 7.05 Å². The summed E-state index contributed by atoms with van der Waals surface area (Å²) >= 11 is 0. The second-order valence-corrected chi connectivity index (χ2v) is 4.87. The van der Waals surface area contributed by atoms with E-state index in [0.717, 1.165) is 4.68 Å². The van der Waals surface area contributed by atoms with Crippen LogP contribution in [0.1, 0.15) is 21.9 Å². The Kier molecular flexibility index (Phi) is 4.44. The highest BCUT2D eigenvalue weighted by atomic mass is 16.6. The van der Waals surface area contributed by atoms with Crippen LogP contribution in [0.3, 0.4) is 0 Å². The zero-order valence-electron chi connectivity index (χ0n) is 12.4. The van der Waals surface area contributed by atoms with Gasteiger partial charge >= 0.3 is 11.8 Å². The lowest BCUT2D eigenvalue weighted by Gasteiger charge is -2.14. The molecule has 0 saturated heterocycles. The Hall–Kier alpha value is -3.17. The van der Waals surface area contributed by atoms with Crippen LogP contribution in [-0.4, -0.2) is 43.6 Å². The van der Waals surface area contributed by atoms with Gasteiger partial charge in [-0.05, 0) is 17.9 Å². The van der Waals surface area contributed by atoms with Crippen molar-refractivity contribution in [3.8, 4) is 0 Å². The van der Waals surface area contributed by atoms with Gasteiger partial charge in [0.25, 0.3) is 0 Å². The van der Waals surface area contributed by atoms with Gasteiger partial charge < -0.3 is 24.5 Å². The monoisotopic (exact) mass is 322 g/mol. The number of aryl methyl sites for hydroxylation is 1. The third-order valence-corrected chi connectivity index (χ3v) is 3.13. The molecule has 0 aliphatic carbocycles. The average Bonchev–Trinajstić information content (AvgIpc) is 3.05. The molecule has 0 aliphatic heterocycles. The quantitative estimate of drug-likeness (QED) is 0.621. The summed E-state index contributed by atoms with van der Waals surface area (Å²) in [5, 5.41) is 23.1. The molecule has 0 fully saturated rings. The fourth-order valence-electron chi connectivity index (χ4n) is 1.95. The number of carboxylic acid groups (broad SMARTS) is 1. The summed E-state index contributed by atoms with van der Waals surface area (Å²) in [4.78, 5) is 34.2. The van der Waals surface area contributed by atoms with E-state index < -0.39 is 10.9 Å². The molecule has 0 radical (unpaired) electrons. The summed E-state index contributed by atoms with van der Waals surface area (Å²) < 4.78 is 6.46. The topological polar surface area (TPSA) is 132 Å². The molecule has 2 heterocycles. The van der Waals surface area contributed by atoms with Crippen LogP contribution in [0.15, 0.2) is 22.7 Å². The molecule has 2 aromatic heterocycles. The van der Waals surface area contributed by atoms with Crippen molar-refractivity contribution in [2.75, 3.05) is 7.05 Å². The molecular weight excluding hydrogens is 308 g/mol. The number of amides is 1. The van der Waals surface area contributed by atoms with Gasteiger partial charge in [-0.2, -0.15) is 4.68 Å². The molecule has 2 rings (SSSR count). The smallest absolute Gasteiger partial charge is 0.389 e. The lowest BCUT2D eigenvalue weighted by atomic mass is 10.2. The maximum absolute atomic E-state index is 12.1. The van der Waals surface area contributed by atoms with Crippen LogP contribution in [0.4, 0.5) is 5.82 Å². The highest BCUT2D eigenvalue weighted by molar-refractivity contribution is 5.88. The molecule has 0 spiro atoms. The van der Waals surface area contributed by atoms with Crippen molar-refractivity contribution in [3.05, 3.63) is 45.5 Å². The number of likely N-dealkylation sites (N-methyl/N-ethyl adjacent to an activating group) is 1. The van der Waals surface area contributed by atoms with Crippen molar-refractivity contribution < 1.29 is 24.0 Å². The Balaban J connectivity index is 2.00. The normalized spacial score (nSPS) is 10.5. The Bertz CT molecular complexity index is 762. The van der Waals surface area contributed by atoms with E-state index in [1.807, 2.05) is 0 Å². The third-order valence-electron chi connectivity index (χ3n) is 3.13. The second kappa shape index (κ2) is 6.30. The summed E-state index contributed by atoms with van der Waals surface area (Å²) in [7, 11) is 1.51. The molecule has 0 unspecified atom stereocenters. The molecule has 1 N–H and O–H groups in total. The van der Waals surface area contributed by atoms with Gasteiger partial charge in [-0.15, -0.1) is 0 Å². The Labute approximate surface area is 130 Å². The summed E-state index contributed by atoms with van der Waals surface area (Å²) in [6.07, 6.45) is 1.34. The minimum atomic E-state index is -1.10. The average molecular weight is 322 g/mol. The van der Waals surface area contributed by atoms with Crippen LogP contribution in [-0.2, 0) is 17.9 Å². The van der Waals surface area contributed by atoms with Crippen LogP contribution >= 0.6 is 0 Å². The summed E-state index contributed by atoms with van der Waals surface area (Å²) in [5.74, 6) is -1.20. The maximum Gasteiger partial charge on any atom is 0.389 e. The largest absolute Gasteiger partial charge is 0.478 e. The van der Waals surface area contributed by atoms with E-state index in [-0.39, 0.29) is 36.1 Å². The minimum absolute atomic E-state index is 0.0450.